The molecule has 9 heteroatoms. The number of carbonyl (C=O) groups is 2. The summed E-state index contributed by atoms with van der Waals surface area (Å²) in [4.78, 5) is 27.3. The van der Waals surface area contributed by atoms with Crippen molar-refractivity contribution in [3.8, 4) is 0 Å². The standard InChI is InChI=1S/C21H18ClN3O3S2/c1-13-18(20(27)28-3)29-21(24(13)16-7-5-4-6-8-16)25(23-19(30-21)14(2)26)17-11-9-15(22)10-12-17/h4-12H,1-3H3. The molecule has 2 aromatic rings. The van der Waals surface area contributed by atoms with E-state index >= 15 is 0 Å². The molecule has 2 aliphatic rings. The molecular formula is C21H18ClN3O3S2. The Hall–Kier alpha value is -2.42. The van der Waals surface area contributed by atoms with Gasteiger partial charge in [-0.15, -0.1) is 0 Å². The van der Waals surface area contributed by atoms with Gasteiger partial charge in [0.2, 0.25) is 4.33 Å². The minimum absolute atomic E-state index is 0.145. The molecule has 0 bridgehead atoms. The van der Waals surface area contributed by atoms with Crippen LogP contribution in [0.3, 0.4) is 0 Å². The molecule has 2 aromatic carbocycles. The van der Waals surface area contributed by atoms with Gasteiger partial charge in [0, 0.05) is 23.3 Å². The molecular weight excluding hydrogens is 442 g/mol. The largest absolute Gasteiger partial charge is 0.465 e. The number of hydrazone groups is 1. The van der Waals surface area contributed by atoms with E-state index in [1.165, 1.54) is 37.6 Å². The van der Waals surface area contributed by atoms with Crippen LogP contribution in [-0.2, 0) is 14.3 Å². The predicted molar refractivity (Wildman–Crippen MR) is 124 cm³/mol. The van der Waals surface area contributed by atoms with E-state index in [-0.39, 0.29) is 5.78 Å². The van der Waals surface area contributed by atoms with Crippen molar-refractivity contribution >= 4 is 63.3 Å². The zero-order valence-electron chi connectivity index (χ0n) is 16.5. The van der Waals surface area contributed by atoms with E-state index in [9.17, 15) is 9.59 Å². The van der Waals surface area contributed by atoms with Gasteiger partial charge in [-0.3, -0.25) is 4.79 Å². The van der Waals surface area contributed by atoms with Gasteiger partial charge < -0.3 is 9.64 Å². The summed E-state index contributed by atoms with van der Waals surface area (Å²) in [5, 5.41) is 7.35. The first-order valence-electron chi connectivity index (χ1n) is 9.05. The van der Waals surface area contributed by atoms with Crippen molar-refractivity contribution in [1.29, 1.82) is 0 Å². The molecule has 1 spiro atoms. The van der Waals surface area contributed by atoms with E-state index in [0.29, 0.717) is 15.0 Å². The smallest absolute Gasteiger partial charge is 0.346 e. The maximum atomic E-state index is 12.6. The van der Waals surface area contributed by atoms with Crippen molar-refractivity contribution < 1.29 is 14.3 Å². The van der Waals surface area contributed by atoms with E-state index in [0.717, 1.165) is 17.1 Å². The van der Waals surface area contributed by atoms with Gasteiger partial charge in [0.25, 0.3) is 0 Å². The summed E-state index contributed by atoms with van der Waals surface area (Å²) in [5.41, 5.74) is 2.34. The second-order valence-corrected chi connectivity index (χ2v) is 9.62. The number of ketones is 1. The van der Waals surface area contributed by atoms with Crippen LogP contribution >= 0.6 is 35.1 Å². The summed E-state index contributed by atoms with van der Waals surface area (Å²) in [6.07, 6.45) is 0. The highest BCUT2D eigenvalue weighted by Crippen LogP contribution is 2.60. The molecule has 0 aliphatic carbocycles. The number of para-hydroxylation sites is 1. The van der Waals surface area contributed by atoms with Crippen LogP contribution in [-0.4, -0.2) is 28.2 Å². The average molecular weight is 460 g/mol. The van der Waals surface area contributed by atoms with Gasteiger partial charge >= 0.3 is 5.97 Å². The zero-order chi connectivity index (χ0) is 21.5. The number of ether oxygens (including phenoxy) is 1. The Balaban J connectivity index is 1.91. The van der Waals surface area contributed by atoms with Crippen LogP contribution < -0.4 is 9.91 Å². The SMILES string of the molecule is COC(=O)C1=C(C)N(c2ccccc2)C2(SC(C(C)=O)=NN2c2ccc(Cl)cc2)S1. The van der Waals surface area contributed by atoms with Crippen molar-refractivity contribution in [2.75, 3.05) is 17.0 Å². The molecule has 0 saturated heterocycles. The second-order valence-electron chi connectivity index (χ2n) is 6.58. The van der Waals surface area contributed by atoms with E-state index in [1.54, 1.807) is 17.1 Å². The molecule has 1 unspecified atom stereocenters. The van der Waals surface area contributed by atoms with Crippen molar-refractivity contribution in [2.24, 2.45) is 5.10 Å². The first-order chi connectivity index (χ1) is 14.4. The molecule has 2 aliphatic heterocycles. The van der Waals surface area contributed by atoms with Gasteiger partial charge in [0.1, 0.15) is 4.91 Å². The third-order valence-corrected chi connectivity index (χ3v) is 7.85. The number of methoxy groups -OCH3 is 1. The Labute approximate surface area is 187 Å². The average Bonchev–Trinajstić information content (AvgIpc) is 3.27. The highest BCUT2D eigenvalue weighted by atomic mass is 35.5. The number of hydrogen-bond acceptors (Lipinski definition) is 8. The quantitative estimate of drug-likeness (QED) is 0.592. The lowest BCUT2D eigenvalue weighted by Gasteiger charge is -2.41. The highest BCUT2D eigenvalue weighted by Gasteiger charge is 2.57. The molecule has 6 nitrogen and oxygen atoms in total. The van der Waals surface area contributed by atoms with E-state index in [4.69, 9.17) is 16.3 Å². The summed E-state index contributed by atoms with van der Waals surface area (Å²) >= 11 is 8.70. The maximum Gasteiger partial charge on any atom is 0.346 e. The Morgan fingerprint density at radius 3 is 2.30 bits per heavy atom. The second kappa shape index (κ2) is 8.02. The number of Topliss-reactive ketones (excluding diaryl/α,β-unsaturated/α-hetero) is 1. The number of rotatable bonds is 4. The number of allylic oxidation sites excluding steroid dienone is 1. The monoisotopic (exact) mass is 459 g/mol. The van der Waals surface area contributed by atoms with Gasteiger partial charge in [-0.05, 0) is 55.1 Å². The van der Waals surface area contributed by atoms with E-state index in [2.05, 4.69) is 5.10 Å². The summed E-state index contributed by atoms with van der Waals surface area (Å²) in [6, 6.07) is 16.9. The third-order valence-electron chi connectivity index (χ3n) is 4.63. The van der Waals surface area contributed by atoms with Crippen LogP contribution in [0.2, 0.25) is 5.02 Å². The summed E-state index contributed by atoms with van der Waals surface area (Å²) < 4.78 is 4.09. The Morgan fingerprint density at radius 2 is 1.70 bits per heavy atom. The fraction of sp³-hybridized carbons (Fsp3) is 0.190. The number of benzene rings is 2. The molecule has 0 amide bonds. The number of halogens is 1. The molecule has 154 valence electrons. The first-order valence-corrected chi connectivity index (χ1v) is 11.1. The van der Waals surface area contributed by atoms with Crippen molar-refractivity contribution in [2.45, 2.75) is 18.2 Å². The number of anilines is 2. The van der Waals surface area contributed by atoms with Gasteiger partial charge in [0.05, 0.1) is 12.8 Å². The topological polar surface area (TPSA) is 62.2 Å². The van der Waals surface area contributed by atoms with Gasteiger partial charge in [-0.1, -0.05) is 41.6 Å². The molecule has 0 N–H and O–H groups in total. The molecule has 1 atom stereocenters. The highest BCUT2D eigenvalue weighted by molar-refractivity contribution is 8.29. The summed E-state index contributed by atoms with van der Waals surface area (Å²) in [5.74, 6) is -0.572. The van der Waals surface area contributed by atoms with Gasteiger partial charge in [0.15, 0.2) is 10.8 Å². The van der Waals surface area contributed by atoms with Crippen LogP contribution in [0.5, 0.6) is 0 Å². The molecule has 2 heterocycles. The normalized spacial score (nSPS) is 20.7. The molecule has 0 fully saturated rings. The summed E-state index contributed by atoms with van der Waals surface area (Å²) in [7, 11) is 1.36. The van der Waals surface area contributed by atoms with Crippen molar-refractivity contribution in [3.05, 3.63) is 70.2 Å². The number of nitrogens with zero attached hydrogens (tertiary/aromatic N) is 3. The number of esters is 1. The fourth-order valence-corrected chi connectivity index (χ4v) is 6.38. The van der Waals surface area contributed by atoms with E-state index in [1.807, 2.05) is 54.3 Å². The summed E-state index contributed by atoms with van der Waals surface area (Å²) in [6.45, 7) is 3.35. The minimum Gasteiger partial charge on any atom is -0.465 e. The van der Waals surface area contributed by atoms with Gasteiger partial charge in [-0.2, -0.15) is 5.10 Å². The van der Waals surface area contributed by atoms with Crippen molar-refractivity contribution in [1.82, 2.24) is 0 Å². The lowest BCUT2D eigenvalue weighted by Crippen LogP contribution is -2.49. The Kier molecular flexibility index (Phi) is 5.57. The van der Waals surface area contributed by atoms with E-state index < -0.39 is 10.3 Å². The fourth-order valence-electron chi connectivity index (χ4n) is 3.28. The number of carbonyl (C=O) groups excluding carboxylic acids is 2. The van der Waals surface area contributed by atoms with Crippen LogP contribution in [0.25, 0.3) is 0 Å². The molecule has 0 radical (unpaired) electrons. The first kappa shape index (κ1) is 20.8. The number of hydrogen-bond donors (Lipinski definition) is 0. The van der Waals surface area contributed by atoms with Crippen LogP contribution in [0, 0.1) is 0 Å². The Bertz CT molecular complexity index is 1070. The third kappa shape index (κ3) is 3.38. The lowest BCUT2D eigenvalue weighted by molar-refractivity contribution is -0.135. The van der Waals surface area contributed by atoms with Crippen LogP contribution in [0.15, 0.2) is 70.3 Å². The predicted octanol–water partition coefficient (Wildman–Crippen LogP) is 5.06. The number of thioether (sulfide) groups is 2. The maximum absolute atomic E-state index is 12.6. The molecule has 4 rings (SSSR count). The van der Waals surface area contributed by atoms with Gasteiger partial charge in [-0.25, -0.2) is 9.80 Å². The van der Waals surface area contributed by atoms with Crippen LogP contribution in [0.1, 0.15) is 13.8 Å². The van der Waals surface area contributed by atoms with Crippen molar-refractivity contribution in [3.63, 3.8) is 0 Å². The molecule has 30 heavy (non-hydrogen) atoms. The Morgan fingerprint density at radius 1 is 1.03 bits per heavy atom. The zero-order valence-corrected chi connectivity index (χ0v) is 18.8. The molecule has 0 saturated carbocycles. The lowest BCUT2D eigenvalue weighted by atomic mass is 10.2. The van der Waals surface area contributed by atoms with Crippen LogP contribution in [0.4, 0.5) is 11.4 Å². The minimum atomic E-state index is -0.941. The molecule has 0 aromatic heterocycles.